The summed E-state index contributed by atoms with van der Waals surface area (Å²) < 4.78 is 8.01. The predicted molar refractivity (Wildman–Crippen MR) is 109 cm³/mol. The van der Waals surface area contributed by atoms with Gasteiger partial charge < -0.3 is 14.2 Å². The number of esters is 1. The standard InChI is InChI=1S/C21H30N4O4/c1-8-29-16(26)11-24-15-9-14(21(5,6)7)22-25(15)18(27)13-10-23(12-20(2,3)4)19(28)17(13)24/h9H,8,10-12H2,1-7H3. The van der Waals surface area contributed by atoms with Crippen LogP contribution in [0.3, 0.4) is 0 Å². The zero-order valence-corrected chi connectivity index (χ0v) is 18.3. The number of fused-ring (bicyclic) bond motifs is 2. The second kappa shape index (κ2) is 7.00. The molecule has 2 aromatic rings. The van der Waals surface area contributed by atoms with E-state index in [2.05, 4.69) is 5.10 Å². The van der Waals surface area contributed by atoms with Crippen molar-refractivity contribution in [2.24, 2.45) is 5.41 Å². The molecule has 0 aromatic carbocycles. The largest absolute Gasteiger partial charge is 0.465 e. The Labute approximate surface area is 170 Å². The smallest absolute Gasteiger partial charge is 0.326 e. The van der Waals surface area contributed by atoms with Gasteiger partial charge in [0.15, 0.2) is 0 Å². The van der Waals surface area contributed by atoms with Crippen LogP contribution in [0.1, 0.15) is 70.2 Å². The van der Waals surface area contributed by atoms with Crippen LogP contribution in [0.4, 0.5) is 0 Å². The first kappa shape index (κ1) is 21.1. The van der Waals surface area contributed by atoms with E-state index < -0.39 is 5.97 Å². The normalized spacial score (nSPS) is 14.6. The second-order valence-corrected chi connectivity index (χ2v) is 9.79. The summed E-state index contributed by atoms with van der Waals surface area (Å²) in [7, 11) is 0. The van der Waals surface area contributed by atoms with Gasteiger partial charge in [-0.05, 0) is 12.3 Å². The Hall–Kier alpha value is -2.64. The zero-order chi connectivity index (χ0) is 21.7. The molecule has 1 aliphatic heterocycles. The molecule has 3 heterocycles. The van der Waals surface area contributed by atoms with Gasteiger partial charge in [0.2, 0.25) is 0 Å². The van der Waals surface area contributed by atoms with Crippen molar-refractivity contribution in [2.45, 2.75) is 67.0 Å². The van der Waals surface area contributed by atoms with Crippen LogP contribution in [0.15, 0.2) is 10.9 Å². The fourth-order valence-corrected chi connectivity index (χ4v) is 3.58. The monoisotopic (exact) mass is 402 g/mol. The molecule has 158 valence electrons. The van der Waals surface area contributed by atoms with Gasteiger partial charge in [-0.25, -0.2) is 0 Å². The summed E-state index contributed by atoms with van der Waals surface area (Å²) in [5.41, 5.74) is 1.07. The van der Waals surface area contributed by atoms with Gasteiger partial charge in [-0.3, -0.25) is 14.4 Å². The molecule has 8 nitrogen and oxygen atoms in total. The van der Waals surface area contributed by atoms with Crippen LogP contribution < -0.4 is 5.56 Å². The maximum atomic E-state index is 13.2. The lowest BCUT2D eigenvalue weighted by molar-refractivity contribution is -0.143. The van der Waals surface area contributed by atoms with Crippen molar-refractivity contribution < 1.29 is 14.3 Å². The summed E-state index contributed by atoms with van der Waals surface area (Å²) in [5.74, 6) is -0.696. The molecular formula is C21H30N4O4. The summed E-state index contributed by atoms with van der Waals surface area (Å²) in [6, 6.07) is 1.78. The summed E-state index contributed by atoms with van der Waals surface area (Å²) in [5, 5.41) is 4.50. The number of amides is 1. The third-order valence-electron chi connectivity index (χ3n) is 4.84. The van der Waals surface area contributed by atoms with Crippen LogP contribution in [0.25, 0.3) is 5.65 Å². The highest BCUT2D eigenvalue weighted by Crippen LogP contribution is 2.28. The summed E-state index contributed by atoms with van der Waals surface area (Å²) in [4.78, 5) is 40.3. The molecule has 0 aliphatic carbocycles. The first-order valence-corrected chi connectivity index (χ1v) is 9.94. The predicted octanol–water partition coefficient (Wildman–Crippen LogP) is 2.36. The van der Waals surface area contributed by atoms with Crippen molar-refractivity contribution in [3.8, 4) is 0 Å². The lowest BCUT2D eigenvalue weighted by Crippen LogP contribution is -2.33. The second-order valence-electron chi connectivity index (χ2n) is 9.79. The van der Waals surface area contributed by atoms with Crippen molar-refractivity contribution in [1.82, 2.24) is 19.1 Å². The molecule has 0 radical (unpaired) electrons. The van der Waals surface area contributed by atoms with E-state index in [1.807, 2.05) is 41.5 Å². The number of carbonyl (C=O) groups is 2. The molecule has 0 saturated carbocycles. The van der Waals surface area contributed by atoms with E-state index in [1.165, 1.54) is 4.52 Å². The average molecular weight is 402 g/mol. The molecule has 0 unspecified atom stereocenters. The molecule has 0 saturated heterocycles. The lowest BCUT2D eigenvalue weighted by atomic mass is 9.93. The van der Waals surface area contributed by atoms with E-state index in [1.54, 1.807) is 22.5 Å². The maximum Gasteiger partial charge on any atom is 0.326 e. The van der Waals surface area contributed by atoms with Gasteiger partial charge in [0.1, 0.15) is 17.9 Å². The Kier molecular flexibility index (Phi) is 5.09. The van der Waals surface area contributed by atoms with E-state index in [0.29, 0.717) is 17.8 Å². The summed E-state index contributed by atoms with van der Waals surface area (Å²) >= 11 is 0. The van der Waals surface area contributed by atoms with Gasteiger partial charge in [0, 0.05) is 18.0 Å². The molecule has 0 atom stereocenters. The van der Waals surface area contributed by atoms with Crippen molar-refractivity contribution >= 4 is 17.5 Å². The minimum absolute atomic E-state index is 0.119. The maximum absolute atomic E-state index is 13.2. The highest BCUT2D eigenvalue weighted by Gasteiger charge is 2.37. The minimum atomic E-state index is -0.458. The van der Waals surface area contributed by atoms with Crippen LogP contribution in [0.2, 0.25) is 0 Å². The third kappa shape index (κ3) is 3.93. The lowest BCUT2D eigenvalue weighted by Gasteiger charge is -2.26. The van der Waals surface area contributed by atoms with E-state index >= 15 is 0 Å². The third-order valence-corrected chi connectivity index (χ3v) is 4.84. The zero-order valence-electron chi connectivity index (χ0n) is 18.3. The Morgan fingerprint density at radius 2 is 1.83 bits per heavy atom. The number of ether oxygens (including phenoxy) is 1. The molecule has 3 rings (SSSR count). The molecule has 0 bridgehead atoms. The molecule has 1 amide bonds. The Morgan fingerprint density at radius 1 is 1.17 bits per heavy atom. The van der Waals surface area contributed by atoms with Gasteiger partial charge in [-0.2, -0.15) is 9.61 Å². The first-order chi connectivity index (χ1) is 13.3. The van der Waals surface area contributed by atoms with Crippen LogP contribution in [0.5, 0.6) is 0 Å². The molecular weight excluding hydrogens is 372 g/mol. The van der Waals surface area contributed by atoms with Crippen LogP contribution in [-0.4, -0.2) is 44.1 Å². The van der Waals surface area contributed by atoms with Crippen molar-refractivity contribution in [1.29, 1.82) is 0 Å². The first-order valence-electron chi connectivity index (χ1n) is 9.94. The number of rotatable bonds is 4. The molecule has 8 heteroatoms. The van der Waals surface area contributed by atoms with Gasteiger partial charge in [-0.1, -0.05) is 41.5 Å². The van der Waals surface area contributed by atoms with Gasteiger partial charge in [0.05, 0.1) is 24.4 Å². The molecule has 1 aliphatic rings. The van der Waals surface area contributed by atoms with Crippen LogP contribution in [0, 0.1) is 5.41 Å². The van der Waals surface area contributed by atoms with E-state index in [9.17, 15) is 14.4 Å². The Bertz CT molecular complexity index is 1030. The number of carbonyl (C=O) groups excluding carboxylic acids is 2. The average Bonchev–Trinajstić information content (AvgIpc) is 3.14. The van der Waals surface area contributed by atoms with Crippen molar-refractivity contribution in [3.05, 3.63) is 33.4 Å². The summed E-state index contributed by atoms with van der Waals surface area (Å²) in [6.07, 6.45) is 0. The number of hydrogen-bond acceptors (Lipinski definition) is 5. The van der Waals surface area contributed by atoms with Crippen molar-refractivity contribution in [2.75, 3.05) is 13.2 Å². The fourth-order valence-electron chi connectivity index (χ4n) is 3.58. The van der Waals surface area contributed by atoms with Gasteiger partial charge >= 0.3 is 5.97 Å². The quantitative estimate of drug-likeness (QED) is 0.733. The molecule has 2 aromatic heterocycles. The molecule has 29 heavy (non-hydrogen) atoms. The molecule has 0 spiro atoms. The topological polar surface area (TPSA) is 85.9 Å². The number of nitrogens with zero attached hydrogens (tertiary/aromatic N) is 4. The Balaban J connectivity index is 2.23. The van der Waals surface area contributed by atoms with Crippen molar-refractivity contribution in [3.63, 3.8) is 0 Å². The van der Waals surface area contributed by atoms with E-state index in [0.717, 1.165) is 5.69 Å². The minimum Gasteiger partial charge on any atom is -0.465 e. The number of aromatic nitrogens is 3. The fraction of sp³-hybridized carbons (Fsp3) is 0.619. The number of hydrogen-bond donors (Lipinski definition) is 0. The van der Waals surface area contributed by atoms with Crippen LogP contribution in [-0.2, 0) is 28.0 Å². The Morgan fingerprint density at radius 3 is 2.38 bits per heavy atom. The SMILES string of the molecule is CCOC(=O)Cn1c2c(c(=O)n3nc(C(C)(C)C)cc13)CN(CC(C)(C)C)C2=O. The van der Waals surface area contributed by atoms with Crippen LogP contribution >= 0.6 is 0 Å². The highest BCUT2D eigenvalue weighted by molar-refractivity contribution is 5.97. The molecule has 0 N–H and O–H groups in total. The van der Waals surface area contributed by atoms with Gasteiger partial charge in [0.25, 0.3) is 11.5 Å². The summed E-state index contributed by atoms with van der Waals surface area (Å²) in [6.45, 7) is 14.7. The molecule has 0 fully saturated rings. The highest BCUT2D eigenvalue weighted by atomic mass is 16.5. The van der Waals surface area contributed by atoms with E-state index in [4.69, 9.17) is 4.74 Å². The van der Waals surface area contributed by atoms with E-state index in [-0.39, 0.29) is 47.7 Å². The van der Waals surface area contributed by atoms with Gasteiger partial charge in [-0.15, -0.1) is 0 Å².